The molecule has 9 heteroatoms. The van der Waals surface area contributed by atoms with E-state index in [-0.39, 0.29) is 23.2 Å². The summed E-state index contributed by atoms with van der Waals surface area (Å²) in [5.74, 6) is -0.288. The topological polar surface area (TPSA) is 81.3 Å². The van der Waals surface area contributed by atoms with E-state index in [0.29, 0.717) is 23.8 Å². The second kappa shape index (κ2) is 8.04. The molecule has 0 bridgehead atoms. The van der Waals surface area contributed by atoms with E-state index in [9.17, 15) is 19.3 Å². The zero-order chi connectivity index (χ0) is 20.4. The van der Waals surface area contributed by atoms with Gasteiger partial charge in [-0.1, -0.05) is 17.8 Å². The second-order valence-corrected chi connectivity index (χ2v) is 7.51. The lowest BCUT2D eigenvalue weighted by Crippen LogP contribution is -2.36. The van der Waals surface area contributed by atoms with Crippen molar-refractivity contribution in [2.45, 2.75) is 18.0 Å². The normalized spacial score (nSPS) is 13.2. The summed E-state index contributed by atoms with van der Waals surface area (Å²) in [5.41, 5.74) is 2.20. The molecule has 0 fully saturated rings. The van der Waals surface area contributed by atoms with Crippen LogP contribution in [0, 0.1) is 15.9 Å². The van der Waals surface area contributed by atoms with Gasteiger partial charge in [0.25, 0.3) is 5.69 Å². The first-order chi connectivity index (χ1) is 14.0. The van der Waals surface area contributed by atoms with Gasteiger partial charge in [0.2, 0.25) is 5.91 Å². The maximum atomic E-state index is 13.5. The van der Waals surface area contributed by atoms with Crippen molar-refractivity contribution in [3.8, 4) is 5.69 Å². The van der Waals surface area contributed by atoms with Crippen LogP contribution in [0.4, 0.5) is 15.8 Å². The van der Waals surface area contributed by atoms with Crippen LogP contribution in [-0.2, 0) is 11.2 Å². The number of aromatic nitrogens is 2. The van der Waals surface area contributed by atoms with Gasteiger partial charge in [0.1, 0.15) is 5.82 Å². The van der Waals surface area contributed by atoms with Gasteiger partial charge >= 0.3 is 0 Å². The second-order valence-electron chi connectivity index (χ2n) is 6.57. The number of carbonyl (C=O) groups excluding carboxylic acids is 1. The molecule has 0 spiro atoms. The minimum absolute atomic E-state index is 0.0320. The maximum Gasteiger partial charge on any atom is 0.269 e. The molecule has 0 saturated heterocycles. The Balaban J connectivity index is 1.50. The Bertz CT molecular complexity index is 1090. The number of halogens is 1. The number of nitro benzene ring substituents is 1. The quantitative estimate of drug-likeness (QED) is 0.360. The monoisotopic (exact) mass is 412 g/mol. The average molecular weight is 412 g/mol. The minimum atomic E-state index is -0.427. The molecule has 7 nitrogen and oxygen atoms in total. The van der Waals surface area contributed by atoms with Crippen LogP contribution in [0.5, 0.6) is 0 Å². The number of hydrogen-bond donors (Lipinski definition) is 0. The van der Waals surface area contributed by atoms with Gasteiger partial charge in [-0.05, 0) is 42.7 Å². The van der Waals surface area contributed by atoms with E-state index in [1.807, 2.05) is 0 Å². The number of rotatable bonds is 5. The number of thioether (sulfide) groups is 1. The minimum Gasteiger partial charge on any atom is -0.311 e. The Morgan fingerprint density at radius 3 is 2.93 bits per heavy atom. The predicted octanol–water partition coefficient (Wildman–Crippen LogP) is 3.99. The summed E-state index contributed by atoms with van der Waals surface area (Å²) in [5, 5.41) is 11.6. The van der Waals surface area contributed by atoms with Crippen LogP contribution < -0.4 is 4.90 Å². The van der Waals surface area contributed by atoms with E-state index in [1.54, 1.807) is 46.1 Å². The van der Waals surface area contributed by atoms with Gasteiger partial charge in [-0.3, -0.25) is 19.5 Å². The highest BCUT2D eigenvalue weighted by molar-refractivity contribution is 7.99. The average Bonchev–Trinajstić information content (AvgIpc) is 3.19. The molecule has 2 aromatic carbocycles. The van der Waals surface area contributed by atoms with Crippen molar-refractivity contribution in [3.63, 3.8) is 0 Å². The molecule has 3 aromatic rings. The third kappa shape index (κ3) is 4.00. The van der Waals surface area contributed by atoms with Crippen molar-refractivity contribution in [1.82, 2.24) is 9.55 Å². The van der Waals surface area contributed by atoms with Gasteiger partial charge in [0.15, 0.2) is 5.16 Å². The third-order valence-electron chi connectivity index (χ3n) is 4.71. The van der Waals surface area contributed by atoms with Crippen LogP contribution >= 0.6 is 11.8 Å². The Morgan fingerprint density at radius 2 is 2.14 bits per heavy atom. The Morgan fingerprint density at radius 1 is 1.28 bits per heavy atom. The van der Waals surface area contributed by atoms with Crippen molar-refractivity contribution in [1.29, 1.82) is 0 Å². The molecule has 148 valence electrons. The van der Waals surface area contributed by atoms with Crippen molar-refractivity contribution < 1.29 is 14.1 Å². The van der Waals surface area contributed by atoms with E-state index in [2.05, 4.69) is 4.98 Å². The SMILES string of the molecule is O=C(CSc1nccn1-c1cccc(F)c1)N1CCCc2cc([N+](=O)[O-])ccc21. The van der Waals surface area contributed by atoms with Gasteiger partial charge in [-0.25, -0.2) is 9.37 Å². The first-order valence-corrected chi connectivity index (χ1v) is 10.0. The van der Waals surface area contributed by atoms with Crippen molar-refractivity contribution in [2.75, 3.05) is 17.2 Å². The number of hydrogen-bond acceptors (Lipinski definition) is 5. The summed E-state index contributed by atoms with van der Waals surface area (Å²) >= 11 is 1.27. The van der Waals surface area contributed by atoms with Crippen molar-refractivity contribution in [3.05, 3.63) is 76.4 Å². The Labute approximate surface area is 170 Å². The number of nitrogens with zero attached hydrogens (tertiary/aromatic N) is 4. The molecule has 0 N–H and O–H groups in total. The summed E-state index contributed by atoms with van der Waals surface area (Å²) in [6.07, 6.45) is 4.78. The summed E-state index contributed by atoms with van der Waals surface area (Å²) in [6.45, 7) is 0.572. The molecule has 1 aromatic heterocycles. The van der Waals surface area contributed by atoms with E-state index < -0.39 is 4.92 Å². The molecule has 0 unspecified atom stereocenters. The van der Waals surface area contributed by atoms with Crippen LogP contribution in [0.25, 0.3) is 5.69 Å². The molecule has 1 aliphatic rings. The van der Waals surface area contributed by atoms with E-state index >= 15 is 0 Å². The molecular weight excluding hydrogens is 395 g/mol. The molecule has 0 saturated carbocycles. The number of nitro groups is 1. The number of fused-ring (bicyclic) bond motifs is 1. The number of carbonyl (C=O) groups is 1. The first kappa shape index (κ1) is 19.1. The molecule has 1 amide bonds. The zero-order valence-electron chi connectivity index (χ0n) is 15.3. The smallest absolute Gasteiger partial charge is 0.269 e. The van der Waals surface area contributed by atoms with Gasteiger partial charge < -0.3 is 4.90 Å². The lowest BCUT2D eigenvalue weighted by atomic mass is 10.0. The van der Waals surface area contributed by atoms with Crippen LogP contribution in [0.15, 0.2) is 60.0 Å². The van der Waals surface area contributed by atoms with Gasteiger partial charge in [-0.15, -0.1) is 0 Å². The summed E-state index contributed by atoms with van der Waals surface area (Å²) in [6, 6.07) is 10.8. The van der Waals surface area contributed by atoms with Crippen LogP contribution in [-0.4, -0.2) is 32.7 Å². The summed E-state index contributed by atoms with van der Waals surface area (Å²) in [7, 11) is 0. The lowest BCUT2D eigenvalue weighted by molar-refractivity contribution is -0.384. The fourth-order valence-electron chi connectivity index (χ4n) is 3.38. The zero-order valence-corrected chi connectivity index (χ0v) is 16.1. The Kier molecular flexibility index (Phi) is 5.30. The number of non-ortho nitro benzene ring substituents is 1. The van der Waals surface area contributed by atoms with Gasteiger partial charge in [0.05, 0.1) is 16.4 Å². The van der Waals surface area contributed by atoms with Crippen molar-refractivity contribution in [2.24, 2.45) is 0 Å². The largest absolute Gasteiger partial charge is 0.311 e. The van der Waals surface area contributed by atoms with Crippen LogP contribution in [0.3, 0.4) is 0 Å². The van der Waals surface area contributed by atoms with E-state index in [4.69, 9.17) is 0 Å². The van der Waals surface area contributed by atoms with Gasteiger partial charge in [0, 0.05) is 36.8 Å². The molecule has 0 radical (unpaired) electrons. The summed E-state index contributed by atoms with van der Waals surface area (Å²) < 4.78 is 15.3. The Hall–Kier alpha value is -3.20. The van der Waals surface area contributed by atoms with Crippen molar-refractivity contribution >= 4 is 29.0 Å². The number of aryl methyl sites for hydroxylation is 1. The molecule has 2 heterocycles. The molecule has 4 rings (SSSR count). The molecular formula is C20H17FN4O3S. The van der Waals surface area contributed by atoms with Gasteiger partial charge in [-0.2, -0.15) is 0 Å². The number of imidazole rings is 1. The number of anilines is 1. The molecule has 1 aliphatic heterocycles. The van der Waals surface area contributed by atoms with Crippen LogP contribution in [0.1, 0.15) is 12.0 Å². The van der Waals surface area contributed by atoms with E-state index in [1.165, 1.54) is 30.0 Å². The third-order valence-corrected chi connectivity index (χ3v) is 5.66. The lowest BCUT2D eigenvalue weighted by Gasteiger charge is -2.29. The van der Waals surface area contributed by atoms with E-state index in [0.717, 1.165) is 17.7 Å². The number of benzene rings is 2. The standard InChI is InChI=1S/C20H17FN4O3S/c21-15-4-1-5-16(12-15)23-10-8-22-20(23)29-13-19(26)24-9-2-3-14-11-17(25(27)28)6-7-18(14)24/h1,4-8,10-12H,2-3,9,13H2. The maximum absolute atomic E-state index is 13.5. The fourth-order valence-corrected chi connectivity index (χ4v) is 4.23. The molecule has 29 heavy (non-hydrogen) atoms. The highest BCUT2D eigenvalue weighted by Gasteiger charge is 2.24. The molecule has 0 atom stereocenters. The number of amides is 1. The predicted molar refractivity (Wildman–Crippen MR) is 108 cm³/mol. The highest BCUT2D eigenvalue weighted by atomic mass is 32.2. The summed E-state index contributed by atoms with van der Waals surface area (Å²) in [4.78, 5) is 29.4. The van der Waals surface area contributed by atoms with Crippen LogP contribution in [0.2, 0.25) is 0 Å². The fraction of sp³-hybridized carbons (Fsp3) is 0.200. The molecule has 0 aliphatic carbocycles. The first-order valence-electron chi connectivity index (χ1n) is 9.03. The highest BCUT2D eigenvalue weighted by Crippen LogP contribution is 2.31.